The Morgan fingerprint density at radius 1 is 0.844 bits per heavy atom. The Morgan fingerprint density at radius 2 is 1.67 bits per heavy atom. The van der Waals surface area contributed by atoms with E-state index in [1.807, 2.05) is 42.0 Å². The predicted octanol–water partition coefficient (Wildman–Crippen LogP) is 6.79. The summed E-state index contributed by atoms with van der Waals surface area (Å²) >= 11 is 0. The third-order valence-electron chi connectivity index (χ3n) is 8.86. The highest BCUT2D eigenvalue weighted by atomic mass is 15.3. The molecule has 0 radical (unpaired) electrons. The third-order valence-corrected chi connectivity index (χ3v) is 8.86. The standard InChI is InChI=1S/C36H33N9/c1-23-12-15-37-21-31(23)35-40-34(41-42-35)28-13-16-44(17-14-28)22-25-8-10-27(11-9-25)33-30(26-6-4-3-5-7-26)19-29-20-38-32-18-24(2)43-45(32)36(29)39-33/h3-12,15,18-21,28H,13-14,16-17,22H2,1-2H3,(H,40,41,42). The van der Waals surface area contributed by atoms with E-state index in [2.05, 4.69) is 91.7 Å². The van der Waals surface area contributed by atoms with Gasteiger partial charge in [-0.05, 0) is 68.6 Å². The summed E-state index contributed by atoms with van der Waals surface area (Å²) < 4.78 is 1.85. The van der Waals surface area contributed by atoms with Crippen LogP contribution >= 0.6 is 0 Å². The van der Waals surface area contributed by atoms with Gasteiger partial charge >= 0.3 is 0 Å². The molecule has 2 aromatic carbocycles. The van der Waals surface area contributed by atoms with Gasteiger partial charge in [-0.15, -0.1) is 0 Å². The molecule has 0 saturated carbocycles. The maximum absolute atomic E-state index is 5.20. The molecule has 1 fully saturated rings. The Morgan fingerprint density at radius 3 is 2.47 bits per heavy atom. The highest BCUT2D eigenvalue weighted by Gasteiger charge is 2.24. The third kappa shape index (κ3) is 5.25. The fourth-order valence-corrected chi connectivity index (χ4v) is 6.38. The molecule has 9 nitrogen and oxygen atoms in total. The SMILES string of the molecule is Cc1cc2ncc3cc(-c4ccccc4)c(-c4ccc(CN5CCC(c6nc(-c7cnccc7C)n[nH]6)CC5)cc4)nc3n2n1. The van der Waals surface area contributed by atoms with E-state index in [-0.39, 0.29) is 0 Å². The van der Waals surface area contributed by atoms with Crippen molar-refractivity contribution in [3.8, 4) is 33.8 Å². The van der Waals surface area contributed by atoms with Crippen LogP contribution in [0, 0.1) is 13.8 Å². The average Bonchev–Trinajstić information content (AvgIpc) is 3.72. The summed E-state index contributed by atoms with van der Waals surface area (Å²) in [5, 5.41) is 13.3. The molecule has 8 rings (SSSR count). The first-order valence-corrected chi connectivity index (χ1v) is 15.5. The second-order valence-corrected chi connectivity index (χ2v) is 12.0. The summed E-state index contributed by atoms with van der Waals surface area (Å²) in [6.45, 7) is 7.00. The smallest absolute Gasteiger partial charge is 0.182 e. The largest absolute Gasteiger partial charge is 0.299 e. The lowest BCUT2D eigenvalue weighted by atomic mass is 9.95. The van der Waals surface area contributed by atoms with E-state index in [0.29, 0.717) is 5.92 Å². The average molecular weight is 592 g/mol. The monoisotopic (exact) mass is 591 g/mol. The van der Waals surface area contributed by atoms with Gasteiger partial charge in [-0.3, -0.25) is 15.0 Å². The van der Waals surface area contributed by atoms with E-state index in [4.69, 9.17) is 9.97 Å². The van der Waals surface area contributed by atoms with Crippen LogP contribution in [0.1, 0.15) is 41.4 Å². The molecule has 6 heterocycles. The molecule has 9 heteroatoms. The van der Waals surface area contributed by atoms with Crippen LogP contribution in [-0.2, 0) is 6.54 Å². The van der Waals surface area contributed by atoms with Crippen LogP contribution < -0.4 is 0 Å². The molecule has 0 unspecified atom stereocenters. The lowest BCUT2D eigenvalue weighted by Crippen LogP contribution is -2.32. The number of rotatable bonds is 6. The summed E-state index contributed by atoms with van der Waals surface area (Å²) in [5.41, 5.74) is 10.2. The van der Waals surface area contributed by atoms with Gasteiger partial charge in [0.05, 0.1) is 11.4 Å². The number of benzene rings is 2. The second kappa shape index (κ2) is 11.3. The van der Waals surface area contributed by atoms with Crippen LogP contribution in [0.3, 0.4) is 0 Å². The van der Waals surface area contributed by atoms with E-state index in [9.17, 15) is 0 Å². The van der Waals surface area contributed by atoms with Gasteiger partial charge in [0.1, 0.15) is 5.82 Å². The molecular formula is C36H33N9. The molecule has 1 aliphatic heterocycles. The predicted molar refractivity (Wildman–Crippen MR) is 175 cm³/mol. The lowest BCUT2D eigenvalue weighted by molar-refractivity contribution is 0.202. The van der Waals surface area contributed by atoms with Crippen molar-refractivity contribution in [2.75, 3.05) is 13.1 Å². The Hall–Kier alpha value is -5.28. The van der Waals surface area contributed by atoms with E-state index >= 15 is 0 Å². The van der Waals surface area contributed by atoms with Gasteiger partial charge in [0.15, 0.2) is 17.1 Å². The molecule has 7 aromatic rings. The summed E-state index contributed by atoms with van der Waals surface area (Å²) in [5.74, 6) is 2.10. The fraction of sp³-hybridized carbons (Fsp3) is 0.222. The first-order valence-electron chi connectivity index (χ1n) is 15.5. The number of likely N-dealkylation sites (tertiary alicyclic amines) is 1. The normalized spacial score (nSPS) is 14.4. The number of fused-ring (bicyclic) bond motifs is 3. The summed E-state index contributed by atoms with van der Waals surface area (Å²) in [7, 11) is 0. The Balaban J connectivity index is 1.01. The maximum Gasteiger partial charge on any atom is 0.182 e. The second-order valence-electron chi connectivity index (χ2n) is 12.0. The summed E-state index contributed by atoms with van der Waals surface area (Å²) in [6, 6.07) is 25.5. The number of hydrogen-bond donors (Lipinski definition) is 1. The first kappa shape index (κ1) is 27.3. The first-order chi connectivity index (χ1) is 22.1. The van der Waals surface area contributed by atoms with Crippen LogP contribution in [0.15, 0.2) is 91.4 Å². The lowest BCUT2D eigenvalue weighted by Gasteiger charge is -2.31. The van der Waals surface area contributed by atoms with E-state index in [1.54, 1.807) is 6.20 Å². The maximum atomic E-state index is 5.20. The van der Waals surface area contributed by atoms with Crippen LogP contribution in [0.25, 0.3) is 50.5 Å². The molecule has 222 valence electrons. The fourth-order valence-electron chi connectivity index (χ4n) is 6.38. The molecule has 1 N–H and O–H groups in total. The number of aryl methyl sites for hydroxylation is 2. The van der Waals surface area contributed by atoms with Crippen LogP contribution in [0.2, 0.25) is 0 Å². The van der Waals surface area contributed by atoms with Gasteiger partial charge in [0.25, 0.3) is 0 Å². The van der Waals surface area contributed by atoms with E-state index in [0.717, 1.165) is 100 Å². The number of aromatic nitrogens is 8. The molecule has 0 bridgehead atoms. The number of H-pyrrole nitrogens is 1. The zero-order valence-electron chi connectivity index (χ0n) is 25.4. The summed E-state index contributed by atoms with van der Waals surface area (Å²) in [6.07, 6.45) is 7.64. The topological polar surface area (TPSA) is 101 Å². The Kier molecular flexibility index (Phi) is 6.87. The molecular weight excluding hydrogens is 558 g/mol. The Labute approximate surface area is 261 Å². The highest BCUT2D eigenvalue weighted by Crippen LogP contribution is 2.34. The molecule has 0 amide bonds. The van der Waals surface area contributed by atoms with Gasteiger partial charge in [0, 0.05) is 59.2 Å². The number of aromatic amines is 1. The quantitative estimate of drug-likeness (QED) is 0.227. The number of hydrogen-bond acceptors (Lipinski definition) is 7. The molecule has 45 heavy (non-hydrogen) atoms. The van der Waals surface area contributed by atoms with Gasteiger partial charge < -0.3 is 0 Å². The molecule has 0 aliphatic carbocycles. The highest BCUT2D eigenvalue weighted by molar-refractivity contribution is 5.90. The van der Waals surface area contributed by atoms with E-state index < -0.39 is 0 Å². The van der Waals surface area contributed by atoms with Crippen molar-refractivity contribution >= 4 is 16.7 Å². The van der Waals surface area contributed by atoms with Crippen LogP contribution in [0.4, 0.5) is 0 Å². The van der Waals surface area contributed by atoms with E-state index in [1.165, 1.54) is 5.56 Å². The minimum Gasteiger partial charge on any atom is -0.299 e. The van der Waals surface area contributed by atoms with Crippen molar-refractivity contribution in [1.29, 1.82) is 0 Å². The van der Waals surface area contributed by atoms with Gasteiger partial charge in [0.2, 0.25) is 0 Å². The van der Waals surface area contributed by atoms with Crippen LogP contribution in [-0.4, -0.2) is 57.7 Å². The van der Waals surface area contributed by atoms with Crippen molar-refractivity contribution in [1.82, 2.24) is 44.6 Å². The number of nitrogens with one attached hydrogen (secondary N) is 1. The number of nitrogens with zero attached hydrogens (tertiary/aromatic N) is 8. The summed E-state index contributed by atoms with van der Waals surface area (Å²) in [4.78, 5) is 21.4. The van der Waals surface area contributed by atoms with Crippen molar-refractivity contribution in [3.05, 3.63) is 114 Å². The molecule has 1 aliphatic rings. The number of pyridine rings is 2. The van der Waals surface area contributed by atoms with Gasteiger partial charge in [-0.25, -0.2) is 15.0 Å². The molecule has 0 atom stereocenters. The number of piperidine rings is 1. The van der Waals surface area contributed by atoms with Crippen molar-refractivity contribution < 1.29 is 0 Å². The van der Waals surface area contributed by atoms with Crippen molar-refractivity contribution in [3.63, 3.8) is 0 Å². The van der Waals surface area contributed by atoms with Gasteiger partial charge in [-0.1, -0.05) is 54.6 Å². The van der Waals surface area contributed by atoms with Crippen LogP contribution in [0.5, 0.6) is 0 Å². The minimum atomic E-state index is 0.387. The minimum absolute atomic E-state index is 0.387. The zero-order valence-corrected chi connectivity index (χ0v) is 25.4. The zero-order chi connectivity index (χ0) is 30.3. The van der Waals surface area contributed by atoms with Crippen molar-refractivity contribution in [2.45, 2.75) is 39.2 Å². The van der Waals surface area contributed by atoms with Crippen molar-refractivity contribution in [2.24, 2.45) is 0 Å². The molecule has 0 spiro atoms. The molecule has 5 aromatic heterocycles. The molecule has 1 saturated heterocycles. The van der Waals surface area contributed by atoms with Gasteiger partial charge in [-0.2, -0.15) is 14.7 Å². The Bertz CT molecular complexity index is 2120.